The molecule has 0 aliphatic carbocycles. The van der Waals surface area contributed by atoms with Gasteiger partial charge in [-0.1, -0.05) is 90.7 Å². The maximum Gasteiger partial charge on any atom is 0.513 e. The first kappa shape index (κ1) is 22.5. The van der Waals surface area contributed by atoms with Crippen LogP contribution in [0.15, 0.2) is 24.3 Å². The van der Waals surface area contributed by atoms with E-state index in [0.717, 1.165) is 6.42 Å². The van der Waals surface area contributed by atoms with Crippen molar-refractivity contribution in [2.24, 2.45) is 5.92 Å². The normalized spacial score (nSPS) is 10.9. The Morgan fingerprint density at radius 3 is 1.92 bits per heavy atom. The van der Waals surface area contributed by atoms with E-state index in [1.165, 1.54) is 69.8 Å². The molecule has 0 unspecified atom stereocenters. The minimum Gasteiger partial charge on any atom is -0.434 e. The number of carbonyl (C=O) groups is 1. The Kier molecular flexibility index (Phi) is 12.7. The molecule has 26 heavy (non-hydrogen) atoms. The van der Waals surface area contributed by atoms with Crippen LogP contribution in [0.3, 0.4) is 0 Å². The number of hydrogen-bond acceptors (Lipinski definition) is 3. The van der Waals surface area contributed by atoms with Gasteiger partial charge in [0.15, 0.2) is 0 Å². The monoisotopic (exact) mass is 362 g/mol. The van der Waals surface area contributed by atoms with E-state index in [1.807, 2.05) is 38.1 Å². The lowest BCUT2D eigenvalue weighted by atomic mass is 10.0. The van der Waals surface area contributed by atoms with Crippen molar-refractivity contribution in [3.8, 4) is 5.75 Å². The van der Waals surface area contributed by atoms with E-state index in [-0.39, 0.29) is 0 Å². The van der Waals surface area contributed by atoms with Crippen LogP contribution in [0.1, 0.15) is 90.5 Å². The highest BCUT2D eigenvalue weighted by Gasteiger charge is 2.07. The molecule has 0 atom stereocenters. The Morgan fingerprint density at radius 1 is 0.846 bits per heavy atom. The van der Waals surface area contributed by atoms with E-state index in [1.54, 1.807) is 0 Å². The molecule has 0 aliphatic heterocycles. The lowest BCUT2D eigenvalue weighted by Gasteiger charge is -2.08. The third-order valence-electron chi connectivity index (χ3n) is 4.48. The van der Waals surface area contributed by atoms with Gasteiger partial charge in [0.25, 0.3) is 0 Å². The molecule has 0 fully saturated rings. The number of unbranched alkanes of at least 4 members (excludes halogenated alkanes) is 9. The SMILES string of the molecule is CCCCCCCCCCCCc1ccc(OC(=O)OCC(C)C)cc1. The van der Waals surface area contributed by atoms with Gasteiger partial charge in [-0.05, 0) is 36.5 Å². The summed E-state index contributed by atoms with van der Waals surface area (Å²) < 4.78 is 10.2. The highest BCUT2D eigenvalue weighted by atomic mass is 16.7. The number of rotatable bonds is 14. The predicted molar refractivity (Wildman–Crippen MR) is 109 cm³/mol. The summed E-state index contributed by atoms with van der Waals surface area (Å²) in [5.41, 5.74) is 1.30. The van der Waals surface area contributed by atoms with Crippen LogP contribution in [0, 0.1) is 5.92 Å². The van der Waals surface area contributed by atoms with Gasteiger partial charge < -0.3 is 9.47 Å². The van der Waals surface area contributed by atoms with Gasteiger partial charge in [-0.25, -0.2) is 4.79 Å². The second-order valence-corrected chi connectivity index (χ2v) is 7.63. The molecule has 1 aromatic rings. The first-order valence-corrected chi connectivity index (χ1v) is 10.6. The summed E-state index contributed by atoms with van der Waals surface area (Å²) >= 11 is 0. The topological polar surface area (TPSA) is 35.5 Å². The van der Waals surface area contributed by atoms with E-state index in [2.05, 4.69) is 6.92 Å². The summed E-state index contributed by atoms with van der Waals surface area (Å²) in [6, 6.07) is 7.78. The van der Waals surface area contributed by atoms with Crippen LogP contribution >= 0.6 is 0 Å². The van der Waals surface area contributed by atoms with Crippen molar-refractivity contribution in [3.05, 3.63) is 29.8 Å². The van der Waals surface area contributed by atoms with Crippen molar-refractivity contribution in [1.29, 1.82) is 0 Å². The first-order chi connectivity index (χ1) is 12.6. The molecule has 0 saturated heterocycles. The summed E-state index contributed by atoms with van der Waals surface area (Å²) in [6.07, 6.45) is 14.0. The maximum absolute atomic E-state index is 11.5. The predicted octanol–water partition coefficient (Wildman–Crippen LogP) is 7.32. The van der Waals surface area contributed by atoms with Gasteiger partial charge in [0.2, 0.25) is 0 Å². The van der Waals surface area contributed by atoms with Crippen LogP contribution in [0.4, 0.5) is 4.79 Å². The Bertz CT molecular complexity index is 465. The van der Waals surface area contributed by atoms with Crippen LogP contribution in [0.25, 0.3) is 0 Å². The van der Waals surface area contributed by atoms with Crippen molar-refractivity contribution >= 4 is 6.16 Å². The summed E-state index contributed by atoms with van der Waals surface area (Å²) in [6.45, 7) is 6.64. The Labute approximate surface area is 160 Å². The minimum absolute atomic E-state index is 0.311. The zero-order valence-electron chi connectivity index (χ0n) is 17.1. The lowest BCUT2D eigenvalue weighted by Crippen LogP contribution is -2.14. The Hall–Kier alpha value is -1.51. The molecule has 3 heteroatoms. The fourth-order valence-electron chi connectivity index (χ4n) is 2.90. The van der Waals surface area contributed by atoms with Gasteiger partial charge in [-0.2, -0.15) is 0 Å². The maximum atomic E-state index is 11.5. The van der Waals surface area contributed by atoms with Gasteiger partial charge in [0, 0.05) is 0 Å². The summed E-state index contributed by atoms with van der Waals surface area (Å²) in [4.78, 5) is 11.5. The molecule has 0 aromatic heterocycles. The van der Waals surface area contributed by atoms with Crippen molar-refractivity contribution in [2.45, 2.75) is 91.4 Å². The molecular weight excluding hydrogens is 324 g/mol. The lowest BCUT2D eigenvalue weighted by molar-refractivity contribution is 0.0885. The molecule has 0 N–H and O–H groups in total. The molecular formula is C23H38O3. The Morgan fingerprint density at radius 2 is 1.38 bits per heavy atom. The van der Waals surface area contributed by atoms with Crippen molar-refractivity contribution < 1.29 is 14.3 Å². The third kappa shape index (κ3) is 11.9. The van der Waals surface area contributed by atoms with Crippen LogP contribution in [-0.2, 0) is 11.2 Å². The quantitative estimate of drug-likeness (QED) is 0.197. The molecule has 0 spiro atoms. The van der Waals surface area contributed by atoms with Gasteiger partial charge in [0.05, 0.1) is 6.61 Å². The average molecular weight is 363 g/mol. The number of carbonyl (C=O) groups excluding carboxylic acids is 1. The standard InChI is InChI=1S/C23H38O3/c1-4-5-6-7-8-9-10-11-12-13-14-21-15-17-22(18-16-21)26-23(24)25-19-20(2)3/h15-18,20H,4-14,19H2,1-3H3. The number of aryl methyl sites for hydroxylation is 1. The molecule has 3 nitrogen and oxygen atoms in total. The third-order valence-corrected chi connectivity index (χ3v) is 4.48. The van der Waals surface area contributed by atoms with Crippen LogP contribution < -0.4 is 4.74 Å². The van der Waals surface area contributed by atoms with E-state index in [9.17, 15) is 4.79 Å². The molecule has 0 aliphatic rings. The highest BCUT2D eigenvalue weighted by molar-refractivity contribution is 5.63. The smallest absolute Gasteiger partial charge is 0.434 e. The molecule has 0 bridgehead atoms. The fourth-order valence-corrected chi connectivity index (χ4v) is 2.90. The van der Waals surface area contributed by atoms with Crippen LogP contribution in [0.2, 0.25) is 0 Å². The molecule has 1 aromatic carbocycles. The van der Waals surface area contributed by atoms with Crippen LogP contribution in [0.5, 0.6) is 5.75 Å². The van der Waals surface area contributed by atoms with Gasteiger partial charge >= 0.3 is 6.16 Å². The molecule has 148 valence electrons. The molecule has 0 amide bonds. The summed E-state index contributed by atoms with van der Waals surface area (Å²) in [5, 5.41) is 0. The van der Waals surface area contributed by atoms with Crippen LogP contribution in [-0.4, -0.2) is 12.8 Å². The van der Waals surface area contributed by atoms with E-state index < -0.39 is 6.16 Å². The zero-order chi connectivity index (χ0) is 19.0. The van der Waals surface area contributed by atoms with Crippen molar-refractivity contribution in [1.82, 2.24) is 0 Å². The van der Waals surface area contributed by atoms with E-state index >= 15 is 0 Å². The average Bonchev–Trinajstić information content (AvgIpc) is 2.63. The van der Waals surface area contributed by atoms with Gasteiger partial charge in [0.1, 0.15) is 5.75 Å². The minimum atomic E-state index is -0.624. The van der Waals surface area contributed by atoms with E-state index in [0.29, 0.717) is 18.3 Å². The largest absolute Gasteiger partial charge is 0.513 e. The molecule has 1 rings (SSSR count). The zero-order valence-corrected chi connectivity index (χ0v) is 17.1. The van der Waals surface area contributed by atoms with Gasteiger partial charge in [-0.15, -0.1) is 0 Å². The fraction of sp³-hybridized carbons (Fsp3) is 0.696. The Balaban J connectivity index is 2.07. The number of benzene rings is 1. The second-order valence-electron chi connectivity index (χ2n) is 7.63. The molecule has 0 heterocycles. The van der Waals surface area contributed by atoms with Crippen molar-refractivity contribution in [3.63, 3.8) is 0 Å². The van der Waals surface area contributed by atoms with Gasteiger partial charge in [-0.3, -0.25) is 0 Å². The molecule has 0 radical (unpaired) electrons. The first-order valence-electron chi connectivity index (χ1n) is 10.6. The molecule has 0 saturated carbocycles. The summed E-state index contributed by atoms with van der Waals surface area (Å²) in [5.74, 6) is 0.858. The van der Waals surface area contributed by atoms with E-state index in [4.69, 9.17) is 9.47 Å². The number of ether oxygens (including phenoxy) is 2. The highest BCUT2D eigenvalue weighted by Crippen LogP contribution is 2.16. The van der Waals surface area contributed by atoms with Crippen molar-refractivity contribution in [2.75, 3.05) is 6.61 Å². The second kappa shape index (κ2) is 14.6. The number of hydrogen-bond donors (Lipinski definition) is 0. The summed E-state index contributed by atoms with van der Waals surface area (Å²) in [7, 11) is 0.